The first kappa shape index (κ1) is 18.4. The monoisotopic (exact) mass is 354 g/mol. The van der Waals surface area contributed by atoms with E-state index in [4.69, 9.17) is 26.0 Å². The van der Waals surface area contributed by atoms with Gasteiger partial charge in [-0.2, -0.15) is 12.6 Å². The SMILES string of the molecule is CC1(C)OB(C(=Cc2ccc(Cl)c(C(=O)O)c2)CS)OC1(C)C. The van der Waals surface area contributed by atoms with E-state index in [0.717, 1.165) is 5.47 Å². The molecule has 1 heterocycles. The summed E-state index contributed by atoms with van der Waals surface area (Å²) in [6.07, 6.45) is 1.83. The van der Waals surface area contributed by atoms with Gasteiger partial charge in [-0.05, 0) is 50.9 Å². The molecule has 2 rings (SSSR count). The third-order valence-electron chi connectivity index (χ3n) is 4.31. The minimum atomic E-state index is -1.06. The van der Waals surface area contributed by atoms with Crippen LogP contribution in [-0.2, 0) is 9.31 Å². The zero-order valence-corrected chi connectivity index (χ0v) is 15.2. The van der Waals surface area contributed by atoms with Crippen molar-refractivity contribution in [2.45, 2.75) is 38.9 Å². The molecule has 124 valence electrons. The zero-order valence-electron chi connectivity index (χ0n) is 13.6. The summed E-state index contributed by atoms with van der Waals surface area (Å²) in [5, 5.41) is 9.37. The van der Waals surface area contributed by atoms with Crippen LogP contribution < -0.4 is 0 Å². The molecule has 0 radical (unpaired) electrons. The lowest BCUT2D eigenvalue weighted by Gasteiger charge is -2.32. The quantitative estimate of drug-likeness (QED) is 0.634. The smallest absolute Gasteiger partial charge is 0.478 e. The van der Waals surface area contributed by atoms with Gasteiger partial charge < -0.3 is 14.4 Å². The van der Waals surface area contributed by atoms with Crippen LogP contribution in [-0.4, -0.2) is 35.1 Å². The number of carboxylic acid groups (broad SMARTS) is 1. The number of carbonyl (C=O) groups is 1. The van der Waals surface area contributed by atoms with E-state index in [1.807, 2.05) is 33.8 Å². The first-order valence-electron chi connectivity index (χ1n) is 7.27. The topological polar surface area (TPSA) is 55.8 Å². The van der Waals surface area contributed by atoms with Gasteiger partial charge in [-0.3, -0.25) is 0 Å². The van der Waals surface area contributed by atoms with Crippen LogP contribution in [0.25, 0.3) is 6.08 Å². The fourth-order valence-corrected chi connectivity index (χ4v) is 2.63. The minimum Gasteiger partial charge on any atom is -0.478 e. The van der Waals surface area contributed by atoms with Crippen LogP contribution in [0.5, 0.6) is 0 Å². The summed E-state index contributed by atoms with van der Waals surface area (Å²) in [6.45, 7) is 7.92. The summed E-state index contributed by atoms with van der Waals surface area (Å²) in [5.74, 6) is -0.629. The molecule has 23 heavy (non-hydrogen) atoms. The molecule has 0 atom stereocenters. The fraction of sp³-hybridized carbons (Fsp3) is 0.438. The highest BCUT2D eigenvalue weighted by molar-refractivity contribution is 7.80. The average Bonchev–Trinajstić information content (AvgIpc) is 2.66. The molecule has 7 heteroatoms. The minimum absolute atomic E-state index is 0.0628. The largest absolute Gasteiger partial charge is 0.491 e. The summed E-state index contributed by atoms with van der Waals surface area (Å²) < 4.78 is 12.0. The van der Waals surface area contributed by atoms with Crippen LogP contribution in [0, 0.1) is 0 Å². The fourth-order valence-electron chi connectivity index (χ4n) is 2.19. The molecule has 1 aliphatic rings. The van der Waals surface area contributed by atoms with Crippen LogP contribution in [0.1, 0.15) is 43.6 Å². The highest BCUT2D eigenvalue weighted by atomic mass is 35.5. The van der Waals surface area contributed by atoms with Crippen molar-refractivity contribution >= 4 is 43.4 Å². The van der Waals surface area contributed by atoms with Crippen molar-refractivity contribution in [3.8, 4) is 0 Å². The van der Waals surface area contributed by atoms with Gasteiger partial charge in [0.05, 0.1) is 21.8 Å². The third kappa shape index (κ3) is 3.77. The normalized spacial score (nSPS) is 19.9. The van der Waals surface area contributed by atoms with Gasteiger partial charge in [0.2, 0.25) is 0 Å². The first-order chi connectivity index (χ1) is 10.6. The van der Waals surface area contributed by atoms with Crippen LogP contribution >= 0.6 is 24.2 Å². The number of hydrogen-bond donors (Lipinski definition) is 2. The van der Waals surface area contributed by atoms with Crippen molar-refractivity contribution in [2.75, 3.05) is 5.75 Å². The van der Waals surface area contributed by atoms with Gasteiger partial charge in [-0.15, -0.1) is 0 Å². The molecule has 0 spiro atoms. The number of carboxylic acids is 1. The van der Waals surface area contributed by atoms with Gasteiger partial charge in [-0.25, -0.2) is 4.79 Å². The lowest BCUT2D eigenvalue weighted by atomic mass is 9.78. The van der Waals surface area contributed by atoms with E-state index < -0.39 is 24.3 Å². The number of hydrogen-bond acceptors (Lipinski definition) is 4. The summed E-state index contributed by atoms with van der Waals surface area (Å²) >= 11 is 10.2. The lowest BCUT2D eigenvalue weighted by molar-refractivity contribution is 0.00578. The lowest BCUT2D eigenvalue weighted by Crippen LogP contribution is -2.41. The Kier molecular flexibility index (Phi) is 5.21. The molecule has 1 saturated heterocycles. The highest BCUT2D eigenvalue weighted by Gasteiger charge is 2.52. The Balaban J connectivity index is 2.34. The number of aromatic carboxylic acids is 1. The van der Waals surface area contributed by atoms with Gasteiger partial charge in [0.15, 0.2) is 0 Å². The van der Waals surface area contributed by atoms with Crippen molar-refractivity contribution in [3.05, 3.63) is 39.8 Å². The maximum absolute atomic E-state index is 11.2. The van der Waals surface area contributed by atoms with Gasteiger partial charge in [0.25, 0.3) is 0 Å². The summed E-state index contributed by atoms with van der Waals surface area (Å²) in [5.41, 5.74) is 0.724. The molecule has 1 aromatic carbocycles. The maximum atomic E-state index is 11.2. The second-order valence-electron chi connectivity index (χ2n) is 6.51. The van der Waals surface area contributed by atoms with Crippen LogP contribution in [0.15, 0.2) is 23.7 Å². The molecule has 0 aromatic heterocycles. The molecular weight excluding hydrogens is 335 g/mol. The number of halogens is 1. The van der Waals surface area contributed by atoms with Crippen molar-refractivity contribution < 1.29 is 19.2 Å². The van der Waals surface area contributed by atoms with Crippen LogP contribution in [0.3, 0.4) is 0 Å². The van der Waals surface area contributed by atoms with E-state index in [1.165, 1.54) is 6.07 Å². The van der Waals surface area contributed by atoms with Crippen molar-refractivity contribution in [1.29, 1.82) is 0 Å². The number of benzene rings is 1. The predicted molar refractivity (Wildman–Crippen MR) is 96.3 cm³/mol. The molecule has 4 nitrogen and oxygen atoms in total. The molecule has 1 N–H and O–H groups in total. The molecule has 0 amide bonds. The zero-order chi connectivity index (χ0) is 17.4. The molecule has 0 unspecified atom stereocenters. The third-order valence-corrected chi connectivity index (χ3v) is 5.01. The van der Waals surface area contributed by atoms with Crippen LogP contribution in [0.2, 0.25) is 5.02 Å². The Morgan fingerprint density at radius 3 is 2.35 bits per heavy atom. The van der Waals surface area contributed by atoms with E-state index in [9.17, 15) is 4.79 Å². The maximum Gasteiger partial charge on any atom is 0.491 e. The average molecular weight is 355 g/mol. The summed E-state index contributed by atoms with van der Waals surface area (Å²) in [6, 6.07) is 4.85. The number of rotatable bonds is 4. The van der Waals surface area contributed by atoms with Crippen LogP contribution in [0.4, 0.5) is 0 Å². The Morgan fingerprint density at radius 1 is 1.30 bits per heavy atom. The Labute approximate surface area is 147 Å². The van der Waals surface area contributed by atoms with E-state index in [1.54, 1.807) is 12.1 Å². The van der Waals surface area contributed by atoms with Crippen molar-refractivity contribution in [2.24, 2.45) is 0 Å². The predicted octanol–water partition coefficient (Wildman–Crippen LogP) is 3.98. The molecule has 0 aliphatic carbocycles. The summed E-state index contributed by atoms with van der Waals surface area (Å²) in [7, 11) is -0.513. The molecule has 0 bridgehead atoms. The summed E-state index contributed by atoms with van der Waals surface area (Å²) in [4.78, 5) is 11.2. The van der Waals surface area contributed by atoms with Gasteiger partial charge in [-0.1, -0.05) is 23.7 Å². The van der Waals surface area contributed by atoms with E-state index >= 15 is 0 Å². The highest BCUT2D eigenvalue weighted by Crippen LogP contribution is 2.39. The molecule has 0 saturated carbocycles. The van der Waals surface area contributed by atoms with E-state index in [-0.39, 0.29) is 10.6 Å². The van der Waals surface area contributed by atoms with Crippen molar-refractivity contribution in [1.82, 2.24) is 0 Å². The second kappa shape index (κ2) is 6.51. The second-order valence-corrected chi connectivity index (χ2v) is 7.23. The van der Waals surface area contributed by atoms with Gasteiger partial charge in [0, 0.05) is 5.75 Å². The Bertz CT molecular complexity index is 641. The van der Waals surface area contributed by atoms with Crippen molar-refractivity contribution in [3.63, 3.8) is 0 Å². The molecular formula is C16H20BClO4S. The number of thiol groups is 1. The molecule has 1 fully saturated rings. The Morgan fingerprint density at radius 2 is 1.87 bits per heavy atom. The van der Waals surface area contributed by atoms with Gasteiger partial charge in [0.1, 0.15) is 0 Å². The van der Waals surface area contributed by atoms with E-state index in [0.29, 0.717) is 11.3 Å². The standard InChI is InChI=1S/C16H20BClO4S/c1-15(2)16(3,4)22-17(21-15)11(9-23)7-10-5-6-13(18)12(8-10)14(19)20/h5-8,23H,9H2,1-4H3,(H,19,20). The molecule has 1 aromatic rings. The Hall–Kier alpha value is -0.945. The van der Waals surface area contributed by atoms with E-state index in [2.05, 4.69) is 12.6 Å². The first-order valence-corrected chi connectivity index (χ1v) is 8.28. The molecule has 1 aliphatic heterocycles. The van der Waals surface area contributed by atoms with Gasteiger partial charge >= 0.3 is 13.1 Å².